The second-order valence-corrected chi connectivity index (χ2v) is 7.12. The zero-order valence-electron chi connectivity index (χ0n) is 16.8. The number of aromatic nitrogens is 6. The summed E-state index contributed by atoms with van der Waals surface area (Å²) in [5, 5.41) is 5.70. The highest BCUT2D eigenvalue weighted by Crippen LogP contribution is 2.10. The predicted molar refractivity (Wildman–Crippen MR) is 117 cm³/mol. The van der Waals surface area contributed by atoms with Gasteiger partial charge in [-0.05, 0) is 35.4 Å². The van der Waals surface area contributed by atoms with Gasteiger partial charge in [0.2, 0.25) is 0 Å². The number of pyridine rings is 2. The van der Waals surface area contributed by atoms with Gasteiger partial charge >= 0.3 is 0 Å². The van der Waals surface area contributed by atoms with Gasteiger partial charge in [-0.25, -0.2) is 19.9 Å². The number of benzene rings is 1. The summed E-state index contributed by atoms with van der Waals surface area (Å²) in [5.41, 5.74) is 5.05. The van der Waals surface area contributed by atoms with Crippen molar-refractivity contribution < 1.29 is 9.59 Å². The van der Waals surface area contributed by atoms with E-state index in [0.717, 1.165) is 22.2 Å². The molecule has 0 aliphatic carbocycles. The minimum absolute atomic E-state index is 0.271. The van der Waals surface area contributed by atoms with Crippen LogP contribution in [-0.4, -0.2) is 41.7 Å². The maximum Gasteiger partial charge on any atom is 0.270 e. The minimum atomic E-state index is -0.271. The monoisotopic (exact) mass is 426 g/mol. The molecule has 1 aromatic carbocycles. The second kappa shape index (κ2) is 8.26. The average Bonchev–Trinajstić information content (AvgIpc) is 3.49. The SMILES string of the molecule is O=C(NCc1ccc(CNC(=O)c2ccc3[nH]cnc3n2)cc1)c1ccc2[nH]cnc2n1. The Bertz CT molecular complexity index is 1310. The van der Waals surface area contributed by atoms with E-state index in [1.54, 1.807) is 24.3 Å². The zero-order valence-corrected chi connectivity index (χ0v) is 16.8. The highest BCUT2D eigenvalue weighted by Gasteiger charge is 2.10. The number of nitrogens with zero attached hydrogens (tertiary/aromatic N) is 4. The van der Waals surface area contributed by atoms with Crippen LogP contribution in [0.3, 0.4) is 0 Å². The molecule has 0 saturated heterocycles. The summed E-state index contributed by atoms with van der Waals surface area (Å²) in [7, 11) is 0. The summed E-state index contributed by atoms with van der Waals surface area (Å²) in [6, 6.07) is 14.5. The number of H-pyrrole nitrogens is 2. The van der Waals surface area contributed by atoms with E-state index in [2.05, 4.69) is 40.5 Å². The lowest BCUT2D eigenvalue weighted by Crippen LogP contribution is -2.24. The van der Waals surface area contributed by atoms with Crippen LogP contribution in [0.1, 0.15) is 32.1 Å². The zero-order chi connectivity index (χ0) is 21.9. The standard InChI is InChI=1S/C22H18N8O2/c31-21(17-7-5-15-19(29-17)27-11-25-15)23-9-13-1-2-14(4-3-13)10-24-22(32)18-8-6-16-20(30-18)28-12-26-16/h1-8,11-12H,9-10H2,(H,23,31)(H,24,32)(H,25,27,29)(H,26,28,30). The first-order chi connectivity index (χ1) is 15.7. The molecular weight excluding hydrogens is 408 g/mol. The lowest BCUT2D eigenvalue weighted by atomic mass is 10.1. The Kier molecular flexibility index (Phi) is 5.00. The summed E-state index contributed by atoms with van der Waals surface area (Å²) in [4.78, 5) is 47.2. The first-order valence-corrected chi connectivity index (χ1v) is 9.90. The van der Waals surface area contributed by atoms with Gasteiger partial charge in [-0.15, -0.1) is 0 Å². The third-order valence-electron chi connectivity index (χ3n) is 4.96. The van der Waals surface area contributed by atoms with E-state index in [1.165, 1.54) is 12.7 Å². The Balaban J connectivity index is 1.15. The maximum absolute atomic E-state index is 12.4. The van der Waals surface area contributed by atoms with Crippen LogP contribution in [0.15, 0.2) is 61.2 Å². The van der Waals surface area contributed by atoms with Gasteiger partial charge in [0, 0.05) is 13.1 Å². The normalized spacial score (nSPS) is 11.0. The fourth-order valence-corrected chi connectivity index (χ4v) is 3.22. The van der Waals surface area contributed by atoms with Gasteiger partial charge in [-0.1, -0.05) is 24.3 Å². The number of rotatable bonds is 6. The Morgan fingerprint density at radius 3 is 1.53 bits per heavy atom. The van der Waals surface area contributed by atoms with E-state index in [4.69, 9.17) is 0 Å². The molecular formula is C22H18N8O2. The van der Waals surface area contributed by atoms with Gasteiger partial charge in [0.15, 0.2) is 11.3 Å². The quantitative estimate of drug-likeness (QED) is 0.328. The third kappa shape index (κ3) is 4.01. The van der Waals surface area contributed by atoms with Crippen molar-refractivity contribution in [3.63, 3.8) is 0 Å². The Labute approximate surface area is 181 Å². The Morgan fingerprint density at radius 1 is 0.656 bits per heavy atom. The second-order valence-electron chi connectivity index (χ2n) is 7.12. The summed E-state index contributed by atoms with van der Waals surface area (Å²) in [5.74, 6) is -0.541. The molecule has 0 radical (unpaired) electrons. The topological polar surface area (TPSA) is 141 Å². The number of aromatic amines is 2. The fourth-order valence-electron chi connectivity index (χ4n) is 3.22. The van der Waals surface area contributed by atoms with Crippen LogP contribution < -0.4 is 10.6 Å². The lowest BCUT2D eigenvalue weighted by molar-refractivity contribution is 0.0938. The molecule has 10 nitrogen and oxygen atoms in total. The van der Waals surface area contributed by atoms with Crippen LogP contribution in [-0.2, 0) is 13.1 Å². The Morgan fingerprint density at radius 2 is 1.09 bits per heavy atom. The molecule has 0 bridgehead atoms. The van der Waals surface area contributed by atoms with Crippen molar-refractivity contribution in [3.05, 3.63) is 83.7 Å². The van der Waals surface area contributed by atoms with Gasteiger partial charge < -0.3 is 20.6 Å². The fraction of sp³-hybridized carbons (Fsp3) is 0.0909. The minimum Gasteiger partial charge on any atom is -0.347 e. The van der Waals surface area contributed by atoms with Crippen molar-refractivity contribution in [3.8, 4) is 0 Å². The summed E-state index contributed by atoms with van der Waals surface area (Å²) in [6.45, 7) is 0.721. The van der Waals surface area contributed by atoms with Crippen molar-refractivity contribution in [2.75, 3.05) is 0 Å². The molecule has 5 rings (SSSR count). The van der Waals surface area contributed by atoms with Crippen molar-refractivity contribution in [1.29, 1.82) is 0 Å². The first-order valence-electron chi connectivity index (χ1n) is 9.90. The van der Waals surface area contributed by atoms with E-state index < -0.39 is 0 Å². The van der Waals surface area contributed by atoms with Crippen LogP contribution >= 0.6 is 0 Å². The molecule has 10 heteroatoms. The van der Waals surface area contributed by atoms with Crippen molar-refractivity contribution in [1.82, 2.24) is 40.5 Å². The largest absolute Gasteiger partial charge is 0.347 e. The molecule has 158 valence electrons. The molecule has 0 atom stereocenters. The molecule has 0 aliphatic heterocycles. The number of carbonyl (C=O) groups excluding carboxylic acids is 2. The molecule has 5 aromatic rings. The molecule has 0 saturated carbocycles. The van der Waals surface area contributed by atoms with Crippen LogP contribution in [0.2, 0.25) is 0 Å². The third-order valence-corrected chi connectivity index (χ3v) is 4.96. The predicted octanol–water partition coefficient (Wildman–Crippen LogP) is 2.09. The average molecular weight is 426 g/mol. The number of hydrogen-bond acceptors (Lipinski definition) is 6. The van der Waals surface area contributed by atoms with Gasteiger partial charge in [-0.3, -0.25) is 9.59 Å². The Hall–Kier alpha value is -4.60. The van der Waals surface area contributed by atoms with E-state index in [0.29, 0.717) is 35.8 Å². The molecule has 0 unspecified atom stereocenters. The van der Waals surface area contributed by atoms with Crippen LogP contribution in [0.5, 0.6) is 0 Å². The van der Waals surface area contributed by atoms with Crippen LogP contribution in [0, 0.1) is 0 Å². The van der Waals surface area contributed by atoms with Crippen molar-refractivity contribution in [2.24, 2.45) is 0 Å². The van der Waals surface area contributed by atoms with E-state index >= 15 is 0 Å². The summed E-state index contributed by atoms with van der Waals surface area (Å²) >= 11 is 0. The summed E-state index contributed by atoms with van der Waals surface area (Å²) < 4.78 is 0. The number of hydrogen-bond donors (Lipinski definition) is 4. The maximum atomic E-state index is 12.4. The van der Waals surface area contributed by atoms with Gasteiger partial charge in [-0.2, -0.15) is 0 Å². The van der Waals surface area contributed by atoms with Gasteiger partial charge in [0.05, 0.1) is 23.7 Å². The molecule has 0 aliphatic rings. The number of carbonyl (C=O) groups is 2. The molecule has 4 heterocycles. The smallest absolute Gasteiger partial charge is 0.270 e. The molecule has 4 aromatic heterocycles. The lowest BCUT2D eigenvalue weighted by Gasteiger charge is -2.08. The van der Waals surface area contributed by atoms with Crippen LogP contribution in [0.25, 0.3) is 22.3 Å². The van der Waals surface area contributed by atoms with Crippen molar-refractivity contribution >= 4 is 34.1 Å². The highest BCUT2D eigenvalue weighted by molar-refractivity contribution is 5.94. The molecule has 32 heavy (non-hydrogen) atoms. The summed E-state index contributed by atoms with van der Waals surface area (Å²) in [6.07, 6.45) is 3.08. The number of imidazole rings is 2. The van der Waals surface area contributed by atoms with E-state index in [9.17, 15) is 9.59 Å². The van der Waals surface area contributed by atoms with E-state index in [1.807, 2.05) is 24.3 Å². The highest BCUT2D eigenvalue weighted by atomic mass is 16.2. The van der Waals surface area contributed by atoms with E-state index in [-0.39, 0.29) is 11.8 Å². The molecule has 4 N–H and O–H groups in total. The number of fused-ring (bicyclic) bond motifs is 2. The molecule has 0 fully saturated rings. The molecule has 0 spiro atoms. The number of amides is 2. The van der Waals surface area contributed by atoms with Gasteiger partial charge in [0.1, 0.15) is 11.4 Å². The van der Waals surface area contributed by atoms with Crippen LogP contribution in [0.4, 0.5) is 0 Å². The van der Waals surface area contributed by atoms with Crippen molar-refractivity contribution in [2.45, 2.75) is 13.1 Å². The first kappa shape index (κ1) is 19.4. The molecule has 2 amide bonds. The van der Waals surface area contributed by atoms with Gasteiger partial charge in [0.25, 0.3) is 11.8 Å². The number of nitrogens with one attached hydrogen (secondary N) is 4.